The van der Waals surface area contributed by atoms with Gasteiger partial charge in [0.05, 0.1) is 18.3 Å². The monoisotopic (exact) mass is 451 g/mol. The molecule has 0 unspecified atom stereocenters. The van der Waals surface area contributed by atoms with Crippen molar-refractivity contribution in [3.63, 3.8) is 0 Å². The Hall–Kier alpha value is -3.33. The molecule has 1 fully saturated rings. The summed E-state index contributed by atoms with van der Waals surface area (Å²) in [6.45, 7) is 0. The number of fused-ring (bicyclic) bond motifs is 10. The predicted molar refractivity (Wildman–Crippen MR) is 117 cm³/mol. The molecule has 0 bridgehead atoms. The molecule has 2 aliphatic heterocycles. The van der Waals surface area contributed by atoms with Crippen LogP contribution >= 0.6 is 11.6 Å². The van der Waals surface area contributed by atoms with E-state index in [0.717, 1.165) is 4.90 Å². The van der Waals surface area contributed by atoms with E-state index in [2.05, 4.69) is 0 Å². The van der Waals surface area contributed by atoms with Crippen LogP contribution in [0.15, 0.2) is 42.5 Å². The summed E-state index contributed by atoms with van der Waals surface area (Å²) < 4.78 is 8.88. The number of likely N-dealkylation sites (N-methyl/N-ethyl adjacent to an activating group) is 1. The Balaban J connectivity index is 1.96. The molecule has 8 nitrogen and oxygen atoms in total. The van der Waals surface area contributed by atoms with Crippen molar-refractivity contribution in [1.29, 1.82) is 0 Å². The first kappa shape index (κ1) is 19.4. The lowest BCUT2D eigenvalue weighted by Crippen LogP contribution is -2.58. The van der Waals surface area contributed by atoms with Crippen LogP contribution in [0.25, 0.3) is 33.2 Å². The van der Waals surface area contributed by atoms with Crippen molar-refractivity contribution in [3.8, 4) is 17.1 Å². The molecule has 32 heavy (non-hydrogen) atoms. The van der Waals surface area contributed by atoms with Crippen LogP contribution in [-0.4, -0.2) is 50.2 Å². The second kappa shape index (κ2) is 5.72. The minimum Gasteiger partial charge on any atom is -0.494 e. The molecule has 2 aromatic carbocycles. The van der Waals surface area contributed by atoms with Crippen LogP contribution in [0.1, 0.15) is 5.56 Å². The Morgan fingerprint density at radius 2 is 1.66 bits per heavy atom. The summed E-state index contributed by atoms with van der Waals surface area (Å²) >= 11 is 6.26. The number of rotatable bonds is 1. The van der Waals surface area contributed by atoms with Gasteiger partial charge in [-0.1, -0.05) is 23.7 Å². The van der Waals surface area contributed by atoms with Crippen molar-refractivity contribution in [1.82, 2.24) is 14.0 Å². The molecule has 162 valence electrons. The Labute approximate surface area is 186 Å². The molecular weight excluding hydrogens is 434 g/mol. The number of hydrogen-bond donors (Lipinski definition) is 2. The van der Waals surface area contributed by atoms with E-state index >= 15 is 0 Å². The molecule has 9 heteroatoms. The Morgan fingerprint density at radius 3 is 2.38 bits per heavy atom. The normalized spacial score (nSPS) is 24.2. The fraction of sp³-hybridized carbons (Fsp3) is 0.217. The molecule has 0 saturated carbocycles. The number of carbonyl (C=O) groups is 2. The fourth-order valence-electron chi connectivity index (χ4n) is 5.44. The first-order valence-corrected chi connectivity index (χ1v) is 10.3. The number of para-hydroxylation sites is 1. The van der Waals surface area contributed by atoms with Gasteiger partial charge in [0.1, 0.15) is 5.69 Å². The second-order valence-electron chi connectivity index (χ2n) is 8.23. The number of hydrogen-bond acceptors (Lipinski definition) is 5. The third-order valence-corrected chi connectivity index (χ3v) is 7.06. The fourth-order valence-corrected chi connectivity index (χ4v) is 5.61. The van der Waals surface area contributed by atoms with Gasteiger partial charge in [0.2, 0.25) is 5.60 Å². The maximum absolute atomic E-state index is 13.4. The van der Waals surface area contributed by atoms with E-state index in [1.807, 2.05) is 10.6 Å². The van der Waals surface area contributed by atoms with Crippen molar-refractivity contribution in [2.75, 3.05) is 14.2 Å². The van der Waals surface area contributed by atoms with E-state index in [1.54, 1.807) is 43.4 Å². The number of aromatic nitrogens is 2. The number of aryl methyl sites for hydroxylation is 1. The Bertz CT molecular complexity index is 1540. The summed E-state index contributed by atoms with van der Waals surface area (Å²) in [7, 11) is 4.54. The SMILES string of the molecule is COc1c2n(c3ccccc13)[C@]1(O)C(=O)N(C)C(=O)[C@]1(O)c1c-2n(C)c2ccc(Cl)cc12. The number of methoxy groups -OCH3 is 1. The molecule has 0 spiro atoms. The highest BCUT2D eigenvalue weighted by Gasteiger charge is 2.74. The highest BCUT2D eigenvalue weighted by Crippen LogP contribution is 2.59. The molecule has 0 radical (unpaired) electrons. The van der Waals surface area contributed by atoms with Gasteiger partial charge in [-0.15, -0.1) is 0 Å². The lowest BCUT2D eigenvalue weighted by molar-refractivity contribution is -0.193. The predicted octanol–water partition coefficient (Wildman–Crippen LogP) is 2.31. The number of aliphatic hydroxyl groups is 2. The smallest absolute Gasteiger partial charge is 0.286 e. The Kier molecular flexibility index (Phi) is 3.46. The van der Waals surface area contributed by atoms with E-state index in [0.29, 0.717) is 44.0 Å². The van der Waals surface area contributed by atoms with Crippen LogP contribution in [0, 0.1) is 0 Å². The maximum Gasteiger partial charge on any atom is 0.286 e. The summed E-state index contributed by atoms with van der Waals surface area (Å²) in [6, 6.07) is 12.2. The van der Waals surface area contributed by atoms with Crippen LogP contribution in [0.5, 0.6) is 5.75 Å². The number of ether oxygens (including phenoxy) is 1. The third-order valence-electron chi connectivity index (χ3n) is 6.83. The number of halogens is 1. The van der Waals surface area contributed by atoms with Crippen LogP contribution < -0.4 is 4.74 Å². The molecular formula is C23H18ClN3O5. The zero-order chi connectivity index (χ0) is 22.7. The molecule has 2 aromatic heterocycles. The molecule has 6 rings (SSSR count). The maximum atomic E-state index is 13.4. The zero-order valence-electron chi connectivity index (χ0n) is 17.4. The summed E-state index contributed by atoms with van der Waals surface area (Å²) in [5.74, 6) is -1.43. The molecule has 2 amide bonds. The number of amides is 2. The molecule has 1 saturated heterocycles. The van der Waals surface area contributed by atoms with Crippen molar-refractivity contribution in [2.24, 2.45) is 7.05 Å². The van der Waals surface area contributed by atoms with Crippen molar-refractivity contribution in [3.05, 3.63) is 53.1 Å². The lowest BCUT2D eigenvalue weighted by Gasteiger charge is -2.40. The van der Waals surface area contributed by atoms with Gasteiger partial charge in [0, 0.05) is 41.0 Å². The topological polar surface area (TPSA) is 96.9 Å². The average Bonchev–Trinajstić information content (AvgIpc) is 3.31. The van der Waals surface area contributed by atoms with E-state index < -0.39 is 23.1 Å². The van der Waals surface area contributed by atoms with Gasteiger partial charge in [0.25, 0.3) is 17.5 Å². The van der Waals surface area contributed by atoms with Crippen LogP contribution in [0.2, 0.25) is 5.02 Å². The second-order valence-corrected chi connectivity index (χ2v) is 8.67. The average molecular weight is 452 g/mol. The highest BCUT2D eigenvalue weighted by atomic mass is 35.5. The van der Waals surface area contributed by atoms with Crippen molar-refractivity contribution >= 4 is 45.2 Å². The first-order valence-electron chi connectivity index (χ1n) is 9.93. The van der Waals surface area contributed by atoms with Crippen LogP contribution in [0.4, 0.5) is 0 Å². The first-order chi connectivity index (χ1) is 15.2. The van der Waals surface area contributed by atoms with Crippen molar-refractivity contribution < 1.29 is 24.5 Å². The largest absolute Gasteiger partial charge is 0.494 e. The summed E-state index contributed by atoms with van der Waals surface area (Å²) in [5, 5.41) is 25.6. The Morgan fingerprint density at radius 1 is 0.938 bits per heavy atom. The zero-order valence-corrected chi connectivity index (χ0v) is 18.1. The van der Waals surface area contributed by atoms with E-state index in [-0.39, 0.29) is 5.56 Å². The van der Waals surface area contributed by atoms with Crippen molar-refractivity contribution in [2.45, 2.75) is 11.3 Å². The highest BCUT2D eigenvalue weighted by molar-refractivity contribution is 6.31. The molecule has 2 atom stereocenters. The summed E-state index contributed by atoms with van der Waals surface area (Å²) in [4.78, 5) is 27.6. The van der Waals surface area contributed by atoms with E-state index in [1.165, 1.54) is 18.7 Å². The third kappa shape index (κ3) is 1.77. The minimum atomic E-state index is -2.62. The van der Waals surface area contributed by atoms with Gasteiger partial charge < -0.3 is 19.5 Å². The molecule has 2 aliphatic rings. The van der Waals surface area contributed by atoms with Gasteiger partial charge in [-0.2, -0.15) is 0 Å². The standard InChI is InChI=1S/C23H18ClN3O5/c1-25-14-9-8-11(24)10-13(14)16-17(25)18-19(32-3)12-6-4-5-7-15(12)27(18)23(31)21(29)26(2)20(28)22(16,23)30/h4-10,30-31H,1-3H3/t22-,23+/m1/s1. The molecule has 4 aromatic rings. The van der Waals surface area contributed by atoms with E-state index in [9.17, 15) is 19.8 Å². The molecule has 2 N–H and O–H groups in total. The molecule has 4 heterocycles. The number of carbonyl (C=O) groups excluding carboxylic acids is 2. The van der Waals surface area contributed by atoms with Gasteiger partial charge >= 0.3 is 0 Å². The quantitative estimate of drug-likeness (QED) is 0.433. The number of likely N-dealkylation sites (tertiary alicyclic amines) is 1. The molecule has 0 aliphatic carbocycles. The summed E-state index contributed by atoms with van der Waals surface area (Å²) in [5.41, 5.74) is -3.10. The summed E-state index contributed by atoms with van der Waals surface area (Å²) in [6.07, 6.45) is 0. The number of nitrogens with zero attached hydrogens (tertiary/aromatic N) is 3. The lowest BCUT2D eigenvalue weighted by atomic mass is 9.79. The van der Waals surface area contributed by atoms with Gasteiger partial charge in [-0.05, 0) is 30.3 Å². The van der Waals surface area contributed by atoms with Gasteiger partial charge in [-0.25, -0.2) is 0 Å². The van der Waals surface area contributed by atoms with Crippen LogP contribution in [-0.2, 0) is 28.0 Å². The van der Waals surface area contributed by atoms with E-state index in [4.69, 9.17) is 16.3 Å². The minimum absolute atomic E-state index is 0.122. The van der Waals surface area contributed by atoms with Gasteiger partial charge in [-0.3, -0.25) is 19.1 Å². The number of imide groups is 1. The van der Waals surface area contributed by atoms with Gasteiger partial charge in [0.15, 0.2) is 5.75 Å². The number of benzene rings is 2. The van der Waals surface area contributed by atoms with Crippen LogP contribution in [0.3, 0.4) is 0 Å².